The van der Waals surface area contributed by atoms with Gasteiger partial charge in [0.05, 0.1) is 11.0 Å². The summed E-state index contributed by atoms with van der Waals surface area (Å²) in [7, 11) is 0. The zero-order valence-corrected chi connectivity index (χ0v) is 11.3. The number of aromatic nitrogens is 2. The van der Waals surface area contributed by atoms with Crippen LogP contribution in [0, 0.1) is 5.92 Å². The van der Waals surface area contributed by atoms with E-state index in [1.54, 1.807) is 0 Å². The first-order valence-electron chi connectivity index (χ1n) is 6.60. The van der Waals surface area contributed by atoms with Crippen LogP contribution in [0.15, 0.2) is 18.2 Å². The average Bonchev–Trinajstić information content (AvgIpc) is 2.65. The van der Waals surface area contributed by atoms with E-state index in [0.29, 0.717) is 22.9 Å². The molecule has 4 heteroatoms. The van der Waals surface area contributed by atoms with Crippen LogP contribution < -0.4 is 5.73 Å². The van der Waals surface area contributed by atoms with Gasteiger partial charge in [-0.2, -0.15) is 0 Å². The summed E-state index contributed by atoms with van der Waals surface area (Å²) in [5.74, 6) is 1.28. The second-order valence-electron chi connectivity index (χ2n) is 5.30. The van der Waals surface area contributed by atoms with Crippen LogP contribution in [0.1, 0.15) is 38.6 Å². The summed E-state index contributed by atoms with van der Waals surface area (Å²) in [6.45, 7) is 2.31. The van der Waals surface area contributed by atoms with Crippen LogP contribution >= 0.6 is 11.6 Å². The molecule has 0 bridgehead atoms. The number of fused-ring (bicyclic) bond motifs is 1. The molecule has 0 spiro atoms. The van der Waals surface area contributed by atoms with E-state index in [1.807, 2.05) is 18.2 Å². The normalized spacial score (nSPS) is 24.6. The highest BCUT2D eigenvalue weighted by Crippen LogP contribution is 2.37. The van der Waals surface area contributed by atoms with Crippen molar-refractivity contribution in [1.82, 2.24) is 9.55 Å². The second kappa shape index (κ2) is 4.47. The number of benzene rings is 1. The van der Waals surface area contributed by atoms with Crippen LogP contribution in [-0.4, -0.2) is 9.55 Å². The van der Waals surface area contributed by atoms with Crippen molar-refractivity contribution >= 4 is 28.6 Å². The molecule has 3 rings (SSSR count). The molecule has 1 aliphatic carbocycles. The van der Waals surface area contributed by atoms with Gasteiger partial charge < -0.3 is 10.3 Å². The minimum absolute atomic E-state index is 0.477. The molecule has 1 aliphatic rings. The van der Waals surface area contributed by atoms with Crippen molar-refractivity contribution in [2.75, 3.05) is 5.73 Å². The third-order valence-corrected chi connectivity index (χ3v) is 4.31. The molecule has 2 aromatic rings. The number of halogens is 1. The zero-order chi connectivity index (χ0) is 12.7. The van der Waals surface area contributed by atoms with E-state index in [0.717, 1.165) is 11.0 Å². The fraction of sp³-hybridized carbons (Fsp3) is 0.500. The Bertz CT molecular complexity index is 576. The summed E-state index contributed by atoms with van der Waals surface area (Å²) in [6, 6.07) is 6.30. The van der Waals surface area contributed by atoms with Crippen molar-refractivity contribution in [1.29, 1.82) is 0 Å². The van der Waals surface area contributed by atoms with Crippen LogP contribution in [0.5, 0.6) is 0 Å². The van der Waals surface area contributed by atoms with E-state index >= 15 is 0 Å². The molecule has 2 N–H and O–H groups in total. The first-order valence-corrected chi connectivity index (χ1v) is 6.97. The topological polar surface area (TPSA) is 43.8 Å². The molecule has 0 radical (unpaired) electrons. The Kier molecular flexibility index (Phi) is 2.94. The van der Waals surface area contributed by atoms with Crippen LogP contribution in [0.2, 0.25) is 5.02 Å². The second-order valence-corrected chi connectivity index (χ2v) is 5.74. The van der Waals surface area contributed by atoms with E-state index in [4.69, 9.17) is 17.3 Å². The minimum atomic E-state index is 0.477. The third-order valence-electron chi connectivity index (χ3n) is 4.08. The molecule has 0 aliphatic heterocycles. The number of anilines is 1. The molecule has 2 atom stereocenters. The maximum atomic E-state index is 6.11. The van der Waals surface area contributed by atoms with Crippen molar-refractivity contribution in [3.05, 3.63) is 23.2 Å². The van der Waals surface area contributed by atoms with Crippen molar-refractivity contribution in [2.24, 2.45) is 5.92 Å². The lowest BCUT2D eigenvalue weighted by Gasteiger charge is -2.30. The van der Waals surface area contributed by atoms with Crippen LogP contribution in [-0.2, 0) is 0 Å². The van der Waals surface area contributed by atoms with Crippen molar-refractivity contribution in [3.63, 3.8) is 0 Å². The monoisotopic (exact) mass is 263 g/mol. The molecule has 1 fully saturated rings. The van der Waals surface area contributed by atoms with Crippen molar-refractivity contribution in [3.8, 4) is 0 Å². The Morgan fingerprint density at radius 2 is 2.11 bits per heavy atom. The minimum Gasteiger partial charge on any atom is -0.369 e. The molecule has 18 heavy (non-hydrogen) atoms. The first kappa shape index (κ1) is 11.8. The molecule has 2 unspecified atom stereocenters. The number of imidazole rings is 1. The first-order chi connectivity index (χ1) is 8.66. The van der Waals surface area contributed by atoms with Gasteiger partial charge in [-0.15, -0.1) is 0 Å². The van der Waals surface area contributed by atoms with Crippen LogP contribution in [0.25, 0.3) is 11.0 Å². The highest BCUT2D eigenvalue weighted by Gasteiger charge is 2.26. The molecule has 1 aromatic carbocycles. The maximum absolute atomic E-state index is 6.11. The molecular weight excluding hydrogens is 246 g/mol. The van der Waals surface area contributed by atoms with E-state index in [1.165, 1.54) is 25.7 Å². The van der Waals surface area contributed by atoms with Gasteiger partial charge in [-0.25, -0.2) is 4.98 Å². The standard InChI is InChI=1S/C14H18ClN3/c1-9-4-2-3-5-12(9)18-13-7-6-10(15)8-11(13)17-14(18)16/h6-9,12H,2-5H2,1H3,(H2,16,17). The Labute approximate surface area is 112 Å². The van der Waals surface area contributed by atoms with Crippen molar-refractivity contribution < 1.29 is 0 Å². The summed E-state index contributed by atoms with van der Waals surface area (Å²) in [6.07, 6.45) is 5.08. The Morgan fingerprint density at radius 1 is 1.33 bits per heavy atom. The Hall–Kier alpha value is -1.22. The lowest BCUT2D eigenvalue weighted by atomic mass is 9.85. The Morgan fingerprint density at radius 3 is 2.89 bits per heavy atom. The SMILES string of the molecule is CC1CCCCC1n1c(N)nc2cc(Cl)ccc21. The summed E-state index contributed by atoms with van der Waals surface area (Å²) in [5, 5.41) is 0.712. The average molecular weight is 264 g/mol. The molecular formula is C14H18ClN3. The van der Waals surface area contributed by atoms with Gasteiger partial charge in [0.15, 0.2) is 0 Å². The molecule has 1 heterocycles. The smallest absolute Gasteiger partial charge is 0.201 e. The number of hydrogen-bond donors (Lipinski definition) is 1. The lowest BCUT2D eigenvalue weighted by molar-refractivity contribution is 0.264. The number of nitrogens with two attached hydrogens (primary N) is 1. The van der Waals surface area contributed by atoms with Gasteiger partial charge in [0.25, 0.3) is 0 Å². The summed E-state index contributed by atoms with van der Waals surface area (Å²) in [4.78, 5) is 4.44. The van der Waals surface area contributed by atoms with Gasteiger partial charge >= 0.3 is 0 Å². The predicted octanol–water partition coefficient (Wildman–Crippen LogP) is 4.02. The Balaban J connectivity index is 2.12. The quantitative estimate of drug-likeness (QED) is 0.844. The number of nitrogen functional groups attached to an aromatic ring is 1. The maximum Gasteiger partial charge on any atom is 0.201 e. The molecule has 3 nitrogen and oxygen atoms in total. The molecule has 0 amide bonds. The predicted molar refractivity (Wildman–Crippen MR) is 75.8 cm³/mol. The van der Waals surface area contributed by atoms with E-state index < -0.39 is 0 Å². The van der Waals surface area contributed by atoms with Crippen LogP contribution in [0.4, 0.5) is 5.95 Å². The van der Waals surface area contributed by atoms with Gasteiger partial charge in [0.2, 0.25) is 5.95 Å². The zero-order valence-electron chi connectivity index (χ0n) is 10.6. The highest BCUT2D eigenvalue weighted by atomic mass is 35.5. The van der Waals surface area contributed by atoms with Gasteiger partial charge in [-0.3, -0.25) is 0 Å². The lowest BCUT2D eigenvalue weighted by Crippen LogP contribution is -2.22. The summed E-state index contributed by atoms with van der Waals surface area (Å²) in [5.41, 5.74) is 8.11. The molecule has 96 valence electrons. The molecule has 1 saturated carbocycles. The van der Waals surface area contributed by atoms with E-state index in [-0.39, 0.29) is 0 Å². The van der Waals surface area contributed by atoms with Crippen LogP contribution in [0.3, 0.4) is 0 Å². The largest absolute Gasteiger partial charge is 0.369 e. The van der Waals surface area contributed by atoms with Gasteiger partial charge in [0.1, 0.15) is 0 Å². The van der Waals surface area contributed by atoms with Gasteiger partial charge in [-0.05, 0) is 37.0 Å². The number of hydrogen-bond acceptors (Lipinski definition) is 2. The van der Waals surface area contributed by atoms with Gasteiger partial charge in [0, 0.05) is 11.1 Å². The van der Waals surface area contributed by atoms with E-state index in [2.05, 4.69) is 16.5 Å². The fourth-order valence-electron chi connectivity index (χ4n) is 3.12. The molecule has 0 saturated heterocycles. The summed E-state index contributed by atoms with van der Waals surface area (Å²) < 4.78 is 2.20. The fourth-order valence-corrected chi connectivity index (χ4v) is 3.29. The van der Waals surface area contributed by atoms with Crippen molar-refractivity contribution in [2.45, 2.75) is 38.6 Å². The third kappa shape index (κ3) is 1.87. The number of rotatable bonds is 1. The van der Waals surface area contributed by atoms with E-state index in [9.17, 15) is 0 Å². The molecule has 1 aromatic heterocycles. The number of nitrogens with zero attached hydrogens (tertiary/aromatic N) is 2. The summed E-state index contributed by atoms with van der Waals surface area (Å²) >= 11 is 6.00. The highest BCUT2D eigenvalue weighted by molar-refractivity contribution is 6.31. The van der Waals surface area contributed by atoms with Gasteiger partial charge in [-0.1, -0.05) is 31.4 Å².